The standard InChI is InChI=1S/C13H13ClN2/c1-8-6-9(2)13(10(3)7-8)11-4-5-12(14)16-15-11/h4-7H,1-3H3. The lowest BCUT2D eigenvalue weighted by molar-refractivity contribution is 1.03. The van der Waals surface area contributed by atoms with E-state index >= 15 is 0 Å². The maximum Gasteiger partial charge on any atom is 0.151 e. The molecule has 0 N–H and O–H groups in total. The maximum absolute atomic E-state index is 5.73. The molecule has 0 atom stereocenters. The van der Waals surface area contributed by atoms with Crippen LogP contribution in [-0.4, -0.2) is 10.2 Å². The van der Waals surface area contributed by atoms with E-state index in [2.05, 4.69) is 43.1 Å². The molecule has 2 aromatic rings. The van der Waals surface area contributed by atoms with Gasteiger partial charge in [0.15, 0.2) is 5.15 Å². The largest absolute Gasteiger partial charge is 0.151 e. The fourth-order valence-electron chi connectivity index (χ4n) is 2.03. The summed E-state index contributed by atoms with van der Waals surface area (Å²) in [6.07, 6.45) is 0. The Kier molecular flexibility index (Phi) is 2.92. The Labute approximate surface area is 100 Å². The summed E-state index contributed by atoms with van der Waals surface area (Å²) < 4.78 is 0. The van der Waals surface area contributed by atoms with E-state index in [1.165, 1.54) is 16.7 Å². The van der Waals surface area contributed by atoms with Gasteiger partial charge >= 0.3 is 0 Å². The summed E-state index contributed by atoms with van der Waals surface area (Å²) in [5.41, 5.74) is 5.72. The van der Waals surface area contributed by atoms with E-state index in [1.807, 2.05) is 6.07 Å². The highest BCUT2D eigenvalue weighted by Gasteiger charge is 2.08. The van der Waals surface area contributed by atoms with E-state index in [4.69, 9.17) is 11.6 Å². The Hall–Kier alpha value is -1.41. The minimum atomic E-state index is 0.422. The van der Waals surface area contributed by atoms with Crippen LogP contribution in [0.5, 0.6) is 0 Å². The highest BCUT2D eigenvalue weighted by molar-refractivity contribution is 6.29. The molecule has 82 valence electrons. The van der Waals surface area contributed by atoms with Gasteiger partial charge in [-0.15, -0.1) is 10.2 Å². The van der Waals surface area contributed by atoms with Gasteiger partial charge in [0.2, 0.25) is 0 Å². The predicted octanol–water partition coefficient (Wildman–Crippen LogP) is 3.72. The highest BCUT2D eigenvalue weighted by atomic mass is 35.5. The summed E-state index contributed by atoms with van der Waals surface area (Å²) in [7, 11) is 0. The van der Waals surface area contributed by atoms with Gasteiger partial charge in [0, 0.05) is 5.56 Å². The number of benzene rings is 1. The number of nitrogens with zero attached hydrogens (tertiary/aromatic N) is 2. The van der Waals surface area contributed by atoms with E-state index in [0.29, 0.717) is 5.15 Å². The van der Waals surface area contributed by atoms with Crippen molar-refractivity contribution in [1.82, 2.24) is 10.2 Å². The van der Waals surface area contributed by atoms with Crippen molar-refractivity contribution < 1.29 is 0 Å². The van der Waals surface area contributed by atoms with Crippen molar-refractivity contribution in [3.05, 3.63) is 46.1 Å². The zero-order chi connectivity index (χ0) is 11.7. The number of hydrogen-bond acceptors (Lipinski definition) is 2. The second-order valence-electron chi connectivity index (χ2n) is 4.02. The number of halogens is 1. The van der Waals surface area contributed by atoms with Crippen LogP contribution in [0.4, 0.5) is 0 Å². The molecule has 2 rings (SSSR count). The normalized spacial score (nSPS) is 10.5. The van der Waals surface area contributed by atoms with Gasteiger partial charge in [-0.1, -0.05) is 29.3 Å². The predicted molar refractivity (Wildman–Crippen MR) is 66.7 cm³/mol. The van der Waals surface area contributed by atoms with E-state index in [-0.39, 0.29) is 0 Å². The van der Waals surface area contributed by atoms with E-state index in [1.54, 1.807) is 6.07 Å². The minimum absolute atomic E-state index is 0.422. The number of aromatic nitrogens is 2. The third kappa shape index (κ3) is 2.07. The van der Waals surface area contributed by atoms with Crippen LogP contribution >= 0.6 is 11.6 Å². The monoisotopic (exact) mass is 232 g/mol. The lowest BCUT2D eigenvalue weighted by atomic mass is 9.97. The Morgan fingerprint density at radius 1 is 0.938 bits per heavy atom. The van der Waals surface area contributed by atoms with E-state index in [0.717, 1.165) is 11.3 Å². The van der Waals surface area contributed by atoms with Crippen LogP contribution in [0.3, 0.4) is 0 Å². The Morgan fingerprint density at radius 3 is 2.06 bits per heavy atom. The maximum atomic E-state index is 5.73. The van der Waals surface area contributed by atoms with Crippen molar-refractivity contribution in [1.29, 1.82) is 0 Å². The first-order chi connectivity index (χ1) is 7.58. The SMILES string of the molecule is Cc1cc(C)c(-c2ccc(Cl)nn2)c(C)c1. The zero-order valence-electron chi connectivity index (χ0n) is 9.58. The van der Waals surface area contributed by atoms with Crippen molar-refractivity contribution >= 4 is 11.6 Å². The topological polar surface area (TPSA) is 25.8 Å². The fraction of sp³-hybridized carbons (Fsp3) is 0.231. The summed E-state index contributed by atoms with van der Waals surface area (Å²) in [5, 5.41) is 8.42. The molecule has 0 saturated carbocycles. The third-order valence-corrected chi connectivity index (χ3v) is 2.77. The van der Waals surface area contributed by atoms with Crippen molar-refractivity contribution in [2.45, 2.75) is 20.8 Å². The number of rotatable bonds is 1. The Bertz CT molecular complexity index is 495. The van der Waals surface area contributed by atoms with Gasteiger partial charge in [0.05, 0.1) is 5.69 Å². The van der Waals surface area contributed by atoms with Gasteiger partial charge in [-0.05, 0) is 44.0 Å². The van der Waals surface area contributed by atoms with E-state index < -0.39 is 0 Å². The van der Waals surface area contributed by atoms with Gasteiger partial charge < -0.3 is 0 Å². The van der Waals surface area contributed by atoms with Crippen LogP contribution in [0.2, 0.25) is 5.15 Å². The Morgan fingerprint density at radius 2 is 1.56 bits per heavy atom. The van der Waals surface area contributed by atoms with Gasteiger partial charge in [-0.3, -0.25) is 0 Å². The molecule has 0 unspecified atom stereocenters. The van der Waals surface area contributed by atoms with Gasteiger partial charge in [-0.2, -0.15) is 0 Å². The first kappa shape index (κ1) is 11.1. The van der Waals surface area contributed by atoms with Crippen molar-refractivity contribution in [3.63, 3.8) is 0 Å². The molecule has 1 heterocycles. The first-order valence-corrected chi connectivity index (χ1v) is 5.53. The quantitative estimate of drug-likeness (QED) is 0.749. The van der Waals surface area contributed by atoms with Crippen LogP contribution in [0, 0.1) is 20.8 Å². The first-order valence-electron chi connectivity index (χ1n) is 5.15. The zero-order valence-corrected chi connectivity index (χ0v) is 10.3. The average Bonchev–Trinajstić information content (AvgIpc) is 2.19. The smallest absolute Gasteiger partial charge is 0.149 e. The van der Waals surface area contributed by atoms with Crippen molar-refractivity contribution in [2.24, 2.45) is 0 Å². The second-order valence-corrected chi connectivity index (χ2v) is 4.40. The van der Waals surface area contributed by atoms with Gasteiger partial charge in [-0.25, -0.2) is 0 Å². The van der Waals surface area contributed by atoms with Crippen molar-refractivity contribution in [3.8, 4) is 11.3 Å². The lowest BCUT2D eigenvalue weighted by Crippen LogP contribution is -1.94. The minimum Gasteiger partial charge on any atom is -0.149 e. The van der Waals surface area contributed by atoms with Crippen LogP contribution in [0.1, 0.15) is 16.7 Å². The molecule has 0 bridgehead atoms. The molecule has 0 aliphatic carbocycles. The molecule has 1 aromatic heterocycles. The van der Waals surface area contributed by atoms with E-state index in [9.17, 15) is 0 Å². The van der Waals surface area contributed by atoms with Crippen LogP contribution in [-0.2, 0) is 0 Å². The summed E-state index contributed by atoms with van der Waals surface area (Å²) in [4.78, 5) is 0. The van der Waals surface area contributed by atoms with Crippen LogP contribution < -0.4 is 0 Å². The number of aryl methyl sites for hydroxylation is 3. The summed E-state index contributed by atoms with van der Waals surface area (Å²) >= 11 is 5.73. The molecular weight excluding hydrogens is 220 g/mol. The summed E-state index contributed by atoms with van der Waals surface area (Å²) in [6.45, 7) is 6.27. The van der Waals surface area contributed by atoms with Crippen LogP contribution in [0.15, 0.2) is 24.3 Å². The molecule has 0 spiro atoms. The third-order valence-electron chi connectivity index (χ3n) is 2.57. The molecule has 0 fully saturated rings. The molecule has 0 amide bonds. The average molecular weight is 233 g/mol. The molecule has 0 radical (unpaired) electrons. The Balaban J connectivity index is 2.60. The molecule has 2 nitrogen and oxygen atoms in total. The molecule has 1 aromatic carbocycles. The molecule has 16 heavy (non-hydrogen) atoms. The lowest BCUT2D eigenvalue weighted by Gasteiger charge is -2.09. The second kappa shape index (κ2) is 4.22. The molecule has 0 aliphatic heterocycles. The van der Waals surface area contributed by atoms with Gasteiger partial charge in [0.1, 0.15) is 0 Å². The molecular formula is C13H13ClN2. The summed E-state index contributed by atoms with van der Waals surface area (Å²) in [6, 6.07) is 7.97. The molecule has 0 aliphatic rings. The summed E-state index contributed by atoms with van der Waals surface area (Å²) in [5.74, 6) is 0. The highest BCUT2D eigenvalue weighted by Crippen LogP contribution is 2.26. The van der Waals surface area contributed by atoms with Gasteiger partial charge in [0.25, 0.3) is 0 Å². The fourth-order valence-corrected chi connectivity index (χ4v) is 2.13. The van der Waals surface area contributed by atoms with Crippen molar-refractivity contribution in [2.75, 3.05) is 0 Å². The molecule has 0 saturated heterocycles. The molecule has 3 heteroatoms. The number of hydrogen-bond donors (Lipinski definition) is 0. The van der Waals surface area contributed by atoms with Crippen LogP contribution in [0.25, 0.3) is 11.3 Å².